The number of aromatic nitrogens is 2. The highest BCUT2D eigenvalue weighted by Crippen LogP contribution is 2.19. The van der Waals surface area contributed by atoms with Gasteiger partial charge in [0.15, 0.2) is 5.16 Å². The van der Waals surface area contributed by atoms with Crippen molar-refractivity contribution in [2.45, 2.75) is 12.1 Å². The molecular weight excluding hydrogens is 296 g/mol. The van der Waals surface area contributed by atoms with E-state index in [2.05, 4.69) is 9.97 Å². The van der Waals surface area contributed by atoms with Crippen LogP contribution in [0, 0.1) is 0 Å². The van der Waals surface area contributed by atoms with Crippen LogP contribution in [-0.2, 0) is 4.74 Å². The summed E-state index contributed by atoms with van der Waals surface area (Å²) in [7, 11) is 0. The minimum Gasteiger partial charge on any atom is -0.462 e. The predicted molar refractivity (Wildman–Crippen MR) is 77.5 cm³/mol. The Morgan fingerprint density at radius 3 is 2.85 bits per heavy atom. The summed E-state index contributed by atoms with van der Waals surface area (Å²) in [6.07, 6.45) is 3.15. The summed E-state index contributed by atoms with van der Waals surface area (Å²) in [6, 6.07) is 3.47. The molecule has 2 aromatic rings. The highest BCUT2D eigenvalue weighted by atomic mass is 32.2. The second-order valence-electron chi connectivity index (χ2n) is 3.65. The topological polar surface area (TPSA) is 69.2 Å². The van der Waals surface area contributed by atoms with Crippen molar-refractivity contribution in [2.24, 2.45) is 0 Å². The minimum atomic E-state index is -0.583. The zero-order valence-corrected chi connectivity index (χ0v) is 12.6. The minimum absolute atomic E-state index is 0.0882. The van der Waals surface area contributed by atoms with Crippen LogP contribution in [0.15, 0.2) is 28.9 Å². The van der Waals surface area contributed by atoms with E-state index in [0.29, 0.717) is 10.0 Å². The summed E-state index contributed by atoms with van der Waals surface area (Å²) in [5, 5.41) is 2.24. The fourth-order valence-corrected chi connectivity index (χ4v) is 2.53. The van der Waals surface area contributed by atoms with Gasteiger partial charge >= 0.3 is 5.97 Å². The van der Waals surface area contributed by atoms with Crippen molar-refractivity contribution >= 4 is 34.9 Å². The lowest BCUT2D eigenvalue weighted by Gasteiger charge is -2.07. The lowest BCUT2D eigenvalue weighted by molar-refractivity contribution is 0.0522. The third kappa shape index (κ3) is 3.05. The van der Waals surface area contributed by atoms with Gasteiger partial charge in [-0.3, -0.25) is 4.79 Å². The van der Waals surface area contributed by atoms with Crippen LogP contribution in [-0.4, -0.2) is 34.6 Å². The molecule has 0 radical (unpaired) electrons. The fraction of sp³-hybridized carbons (Fsp3) is 0.231. The van der Waals surface area contributed by atoms with Crippen LogP contribution >= 0.6 is 23.1 Å². The Labute approximate surface area is 124 Å². The van der Waals surface area contributed by atoms with Gasteiger partial charge in [0.05, 0.1) is 11.5 Å². The van der Waals surface area contributed by atoms with E-state index in [1.54, 1.807) is 30.7 Å². The number of carbonyl (C=O) groups excluding carboxylic acids is 2. The van der Waals surface area contributed by atoms with Crippen molar-refractivity contribution in [3.05, 3.63) is 39.8 Å². The molecule has 0 aliphatic heterocycles. The Hall–Kier alpha value is -1.73. The van der Waals surface area contributed by atoms with Gasteiger partial charge in [0.25, 0.3) is 0 Å². The molecule has 2 aromatic heterocycles. The summed E-state index contributed by atoms with van der Waals surface area (Å²) < 4.78 is 4.94. The number of ketones is 1. The number of hydrogen-bond acceptors (Lipinski definition) is 7. The molecule has 0 bridgehead atoms. The largest absolute Gasteiger partial charge is 0.462 e. The maximum absolute atomic E-state index is 12.4. The first kappa shape index (κ1) is 14.7. The van der Waals surface area contributed by atoms with E-state index in [0.717, 1.165) is 0 Å². The molecule has 0 aliphatic rings. The third-order valence-corrected chi connectivity index (χ3v) is 3.84. The SMILES string of the molecule is CCOC(=O)c1cnc(SC)nc1C(=O)c1cccs1. The first-order valence-electron chi connectivity index (χ1n) is 5.83. The summed E-state index contributed by atoms with van der Waals surface area (Å²) in [6.45, 7) is 1.94. The molecule has 0 aliphatic carbocycles. The Balaban J connectivity index is 2.47. The maximum atomic E-state index is 12.4. The van der Waals surface area contributed by atoms with Crippen molar-refractivity contribution in [1.29, 1.82) is 0 Å². The number of ether oxygens (including phenoxy) is 1. The van der Waals surface area contributed by atoms with Crippen LogP contribution in [0.4, 0.5) is 0 Å². The van der Waals surface area contributed by atoms with Crippen LogP contribution in [0.25, 0.3) is 0 Å². The van der Waals surface area contributed by atoms with Crippen molar-refractivity contribution in [2.75, 3.05) is 12.9 Å². The molecule has 0 amide bonds. The molecule has 2 rings (SSSR count). The van der Waals surface area contributed by atoms with E-state index in [4.69, 9.17) is 4.74 Å². The standard InChI is InChI=1S/C13H12N2O3S2/c1-3-18-12(17)8-7-14-13(19-2)15-10(8)11(16)9-5-4-6-20-9/h4-7H,3H2,1-2H3. The molecule has 0 N–H and O–H groups in total. The Kier molecular flexibility index (Phi) is 4.86. The molecule has 0 unspecified atom stereocenters. The average Bonchev–Trinajstić information content (AvgIpc) is 3.00. The molecule has 0 fully saturated rings. The third-order valence-electron chi connectivity index (χ3n) is 2.40. The molecule has 104 valence electrons. The van der Waals surface area contributed by atoms with E-state index in [-0.39, 0.29) is 23.6 Å². The highest BCUT2D eigenvalue weighted by molar-refractivity contribution is 7.98. The van der Waals surface area contributed by atoms with Crippen LogP contribution in [0.1, 0.15) is 32.6 Å². The summed E-state index contributed by atoms with van der Waals surface area (Å²) in [5.74, 6) is -0.874. The molecule has 20 heavy (non-hydrogen) atoms. The number of rotatable bonds is 5. The highest BCUT2D eigenvalue weighted by Gasteiger charge is 2.23. The van der Waals surface area contributed by atoms with E-state index >= 15 is 0 Å². The van der Waals surface area contributed by atoms with E-state index < -0.39 is 5.97 Å². The quantitative estimate of drug-likeness (QED) is 0.366. The van der Waals surface area contributed by atoms with Gasteiger partial charge < -0.3 is 4.74 Å². The second-order valence-corrected chi connectivity index (χ2v) is 5.37. The molecule has 0 saturated heterocycles. The number of thioether (sulfide) groups is 1. The normalized spacial score (nSPS) is 10.3. The maximum Gasteiger partial charge on any atom is 0.342 e. The van der Waals surface area contributed by atoms with Crippen molar-refractivity contribution < 1.29 is 14.3 Å². The van der Waals surface area contributed by atoms with Gasteiger partial charge in [0, 0.05) is 6.20 Å². The van der Waals surface area contributed by atoms with Crippen LogP contribution in [0.3, 0.4) is 0 Å². The van der Waals surface area contributed by atoms with Crippen LogP contribution in [0.5, 0.6) is 0 Å². The first-order valence-corrected chi connectivity index (χ1v) is 7.94. The number of thiophene rings is 1. The molecular formula is C13H12N2O3S2. The van der Waals surface area contributed by atoms with E-state index in [9.17, 15) is 9.59 Å². The van der Waals surface area contributed by atoms with Crippen molar-refractivity contribution in [3.63, 3.8) is 0 Å². The monoisotopic (exact) mass is 308 g/mol. The Morgan fingerprint density at radius 2 is 2.25 bits per heavy atom. The van der Waals surface area contributed by atoms with Gasteiger partial charge in [0.2, 0.25) is 5.78 Å². The Morgan fingerprint density at radius 1 is 1.45 bits per heavy atom. The summed E-state index contributed by atoms with van der Waals surface area (Å²) >= 11 is 2.61. The first-order chi connectivity index (χ1) is 9.67. The van der Waals surface area contributed by atoms with Crippen LogP contribution < -0.4 is 0 Å². The summed E-state index contributed by atoms with van der Waals surface area (Å²) in [4.78, 5) is 33.0. The average molecular weight is 308 g/mol. The lowest BCUT2D eigenvalue weighted by Crippen LogP contribution is -2.15. The summed E-state index contributed by atoms with van der Waals surface area (Å²) in [5.41, 5.74) is 0.188. The number of carbonyl (C=O) groups is 2. The van der Waals surface area contributed by atoms with Gasteiger partial charge in [-0.1, -0.05) is 17.8 Å². The van der Waals surface area contributed by atoms with Gasteiger partial charge in [0.1, 0.15) is 11.3 Å². The van der Waals surface area contributed by atoms with E-state index in [1.165, 1.54) is 29.3 Å². The van der Waals surface area contributed by atoms with Gasteiger partial charge in [-0.05, 0) is 24.6 Å². The van der Waals surface area contributed by atoms with Crippen molar-refractivity contribution in [1.82, 2.24) is 9.97 Å². The molecule has 7 heteroatoms. The lowest BCUT2D eigenvalue weighted by atomic mass is 10.1. The van der Waals surface area contributed by atoms with Crippen molar-refractivity contribution in [3.8, 4) is 0 Å². The Bertz CT molecular complexity index is 627. The van der Waals surface area contributed by atoms with Gasteiger partial charge in [-0.15, -0.1) is 11.3 Å². The zero-order chi connectivity index (χ0) is 14.5. The molecule has 0 atom stereocenters. The van der Waals surface area contributed by atoms with Crippen LogP contribution in [0.2, 0.25) is 0 Å². The number of nitrogens with zero attached hydrogens (tertiary/aromatic N) is 2. The second kappa shape index (κ2) is 6.62. The van der Waals surface area contributed by atoms with E-state index in [1.807, 2.05) is 0 Å². The zero-order valence-electron chi connectivity index (χ0n) is 11.0. The molecule has 2 heterocycles. The molecule has 0 saturated carbocycles. The molecule has 5 nitrogen and oxygen atoms in total. The predicted octanol–water partition coefficient (Wildman–Crippen LogP) is 2.67. The van der Waals surface area contributed by atoms with Gasteiger partial charge in [-0.2, -0.15) is 0 Å². The molecule has 0 spiro atoms. The van der Waals surface area contributed by atoms with Gasteiger partial charge in [-0.25, -0.2) is 14.8 Å². The number of esters is 1. The fourth-order valence-electron chi connectivity index (χ4n) is 1.52. The molecule has 0 aromatic carbocycles. The smallest absolute Gasteiger partial charge is 0.342 e. The number of hydrogen-bond donors (Lipinski definition) is 0.